The first-order chi connectivity index (χ1) is 68.4. The standard InChI is InChI=1S/C22H31NO.C21H32NO.C20H29NO.C19H32NS.C19H21N.C17H27N.C13H23N/c1-4-12-23-13-11-22-10-6-5-7-19(22)21(23)14-17-8-9-18(15-20(17)22)24-16(2)3;1-15(2)22(3)12-11-21-10-6-5-7-18(21)20(22)13-16-8-9-17(23-4)14-19(16)21;1-14(2)22-16-8-7-15-12-19-17-6-4-5-9-20(17,18(15)13-16)10-11-21(19)3;1-16(2)20(13-7-4-8-14-20)19(18-11-9-15-21-18)12-6-5-10-17(19)3;1-13(2)20-18-12-14-8-4-6-10-16(14)19(20,3)17-11-7-5-9-15(17)18;1-4-18(15(2)3)17(13-9-6-10-14-17)16-11-7-5-8-12-16;1-9(2)14-13-6-10-3-11(7-13)5-12(4-10)8-13/h4,8-9,15-16,19,21H,1,5-7,10-14H2,2-3H3;8-9,14-15,18,20H,5-7,10-13H2,1-4H3;7-8,13-14,17,19H,4-6,9-12H2,1-3H3;9,11,15-17H,4-8,10,12-14H2,1-3H3;4-11,13,18H,12H2,1-3H3;5,7-8,11-12,15H,4,6,9-10,13-14H2,1-3H3;9-12,14H,3-8H2,1-2H3/q;+1;;+1;;;/t;;;17-,19+;;;/m...0.../s1. The number of likely N-dealkylation sites (tertiary alicyclic amines) is 4. The molecule has 6 aromatic carbocycles. The molecular formula is C131H195N7O3S+2. The number of quaternary nitrogens is 2. The maximum Gasteiger partial charge on any atom is 0.137 e. The van der Waals surface area contributed by atoms with E-state index in [1.807, 2.05) is 11.3 Å². The van der Waals surface area contributed by atoms with Crippen molar-refractivity contribution in [2.24, 2.45) is 41.4 Å². The van der Waals surface area contributed by atoms with Crippen LogP contribution in [0.5, 0.6) is 17.2 Å². The molecule has 142 heavy (non-hydrogen) atoms. The largest absolute Gasteiger partial charge is 0.497 e. The van der Waals surface area contributed by atoms with Crippen LogP contribution in [-0.2, 0) is 58.5 Å². The number of nitrogens with zero attached hydrogens (tertiary/aromatic N) is 6. The molecule has 0 amide bonds. The zero-order chi connectivity index (χ0) is 99.9. The first-order valence-electron chi connectivity index (χ1n) is 59.0. The minimum Gasteiger partial charge on any atom is -0.497 e. The second-order valence-corrected chi connectivity index (χ2v) is 52.5. The minimum absolute atomic E-state index is 0.0320. The fourth-order valence-corrected chi connectivity index (χ4v) is 37.5. The van der Waals surface area contributed by atoms with Crippen molar-refractivity contribution in [2.45, 2.75) is 460 Å². The van der Waals surface area contributed by atoms with Gasteiger partial charge in [-0.2, -0.15) is 0 Å². The third-order valence-corrected chi connectivity index (χ3v) is 42.9. The molecule has 7 aromatic rings. The summed E-state index contributed by atoms with van der Waals surface area (Å²) in [6, 6.07) is 60.8. The lowest BCUT2D eigenvalue weighted by Crippen LogP contribution is -2.70. The van der Waals surface area contributed by atoms with Crippen LogP contribution in [0.3, 0.4) is 0 Å². The van der Waals surface area contributed by atoms with Crippen molar-refractivity contribution >= 4 is 11.3 Å². The number of likely N-dealkylation sites (N-methyl/N-ethyl adjacent to an activating group) is 2. The zero-order valence-electron chi connectivity index (χ0n) is 93.0. The topological polar surface area (TPSA) is 52.7 Å². The lowest BCUT2D eigenvalue weighted by atomic mass is 9.51. The number of methoxy groups -OCH3 is 1. The second kappa shape index (κ2) is 44.2. The summed E-state index contributed by atoms with van der Waals surface area (Å²) in [5, 5.41) is 6.19. The van der Waals surface area contributed by atoms with Gasteiger partial charge in [-0.25, -0.2) is 0 Å². The van der Waals surface area contributed by atoms with Crippen LogP contribution in [0.1, 0.15) is 402 Å². The normalized spacial score (nSPS) is 33.2. The summed E-state index contributed by atoms with van der Waals surface area (Å²) in [5.41, 5.74) is 19.9. The quantitative estimate of drug-likeness (QED) is 0.0674. The molecule has 1 aromatic heterocycles. The third kappa shape index (κ3) is 19.9. The molecule has 12 aliphatic carbocycles. The van der Waals surface area contributed by atoms with Crippen molar-refractivity contribution in [3.8, 4) is 17.2 Å². The molecule has 13 fully saturated rings. The predicted octanol–water partition coefficient (Wildman–Crippen LogP) is 30.6. The van der Waals surface area contributed by atoms with Gasteiger partial charge in [-0.05, 0) is 409 Å². The van der Waals surface area contributed by atoms with Crippen LogP contribution >= 0.6 is 11.3 Å². The van der Waals surface area contributed by atoms with E-state index in [0.29, 0.717) is 63.1 Å². The maximum absolute atomic E-state index is 6.03. The van der Waals surface area contributed by atoms with Crippen molar-refractivity contribution in [1.29, 1.82) is 0 Å². The summed E-state index contributed by atoms with van der Waals surface area (Å²) < 4.78 is 20.3. The molecule has 0 radical (unpaired) electrons. The first kappa shape index (κ1) is 106. The van der Waals surface area contributed by atoms with Gasteiger partial charge in [0.1, 0.15) is 22.8 Å². The highest BCUT2D eigenvalue weighted by Gasteiger charge is 2.63. The van der Waals surface area contributed by atoms with E-state index in [-0.39, 0.29) is 17.7 Å². The van der Waals surface area contributed by atoms with E-state index < -0.39 is 0 Å². The number of ether oxygens (including phenoxy) is 3. The lowest BCUT2D eigenvalue weighted by molar-refractivity contribution is -1.01. The first-order valence-corrected chi connectivity index (χ1v) is 59.9. The van der Waals surface area contributed by atoms with Gasteiger partial charge < -0.3 is 33.4 Å². The van der Waals surface area contributed by atoms with Gasteiger partial charge in [0.2, 0.25) is 0 Å². The van der Waals surface area contributed by atoms with E-state index in [1.165, 1.54) is 281 Å². The molecule has 14 atom stereocenters. The molecule has 7 heterocycles. The number of rotatable bonds is 18. The summed E-state index contributed by atoms with van der Waals surface area (Å²) in [7, 11) is 6.67. The number of fused-ring (bicyclic) bond motifs is 10. The average Bonchev–Trinajstić information content (AvgIpc) is 1.25. The SMILES string of the molecule is C=CCN1CCC23CCCCC2C1Cc1ccc(OC(C)C)cc13.CC(C)N1C2Cc3ccccc3C1(C)c1ccccc12.CC(C)NC12CC3CC(CC(C3)C1)C2.CC(C)Oc1ccc2c(c1)C13CCCCC1C(C2)N(C)CC3.CC(C)[N+]1([C@]2(c3cccs3)CCCC[C@@H]2C)CCCCC1.CCN(C(C)C)C1(c2ccccc2)CCCCC1.COc1ccc2c(c1)C13CCCCC1C(C2)[N+](C)(C(C)C)CC3. The molecule has 12 bridgehead atoms. The highest BCUT2D eigenvalue weighted by molar-refractivity contribution is 7.10. The smallest absolute Gasteiger partial charge is 0.137 e. The van der Waals surface area contributed by atoms with Gasteiger partial charge >= 0.3 is 0 Å². The van der Waals surface area contributed by atoms with Crippen LogP contribution in [0.4, 0.5) is 0 Å². The van der Waals surface area contributed by atoms with E-state index in [4.69, 9.17) is 14.2 Å². The molecule has 0 spiro atoms. The number of hydrogen-bond acceptors (Lipinski definition) is 9. The number of thiophene rings is 1. The molecular weight excluding hydrogens is 1750 g/mol. The highest BCUT2D eigenvalue weighted by Crippen LogP contribution is 2.64. The van der Waals surface area contributed by atoms with Gasteiger partial charge in [0.15, 0.2) is 0 Å². The van der Waals surface area contributed by atoms with Gasteiger partial charge in [-0.3, -0.25) is 14.7 Å². The molecule has 6 aliphatic heterocycles. The molecule has 4 saturated heterocycles. The minimum atomic E-state index is 0.0320. The monoisotopic (exact) mass is 1950 g/mol. The summed E-state index contributed by atoms with van der Waals surface area (Å²) in [6.07, 6.45) is 54.2. The Hall–Kier alpha value is -6.12. The lowest BCUT2D eigenvalue weighted by Gasteiger charge is -2.62. The fraction of sp³-hybridized carbons (Fsp3) is 0.679. The van der Waals surface area contributed by atoms with Crippen LogP contribution in [-0.4, -0.2) is 162 Å². The van der Waals surface area contributed by atoms with Crippen LogP contribution in [0.15, 0.2) is 164 Å². The third-order valence-electron chi connectivity index (χ3n) is 41.9. The highest BCUT2D eigenvalue weighted by atomic mass is 32.1. The van der Waals surface area contributed by atoms with E-state index in [1.54, 1.807) is 64.6 Å². The van der Waals surface area contributed by atoms with E-state index >= 15 is 0 Å². The number of nitrogens with one attached hydrogen (secondary N) is 1. The Kier molecular flexibility index (Phi) is 32.9. The Morgan fingerprint density at radius 2 is 1.01 bits per heavy atom. The van der Waals surface area contributed by atoms with E-state index in [9.17, 15) is 0 Å². The van der Waals surface area contributed by atoms with Gasteiger partial charge in [0, 0.05) is 101 Å². The van der Waals surface area contributed by atoms with Crippen molar-refractivity contribution in [3.05, 3.63) is 230 Å². The van der Waals surface area contributed by atoms with Crippen molar-refractivity contribution in [1.82, 2.24) is 24.9 Å². The summed E-state index contributed by atoms with van der Waals surface area (Å²) in [5.74, 6) is 9.80. The Balaban J connectivity index is 0.000000110. The van der Waals surface area contributed by atoms with E-state index in [0.717, 1.165) is 102 Å². The van der Waals surface area contributed by atoms with Gasteiger partial charge in [-0.15, -0.1) is 17.9 Å². The number of hydrogen-bond donors (Lipinski definition) is 1. The molecule has 12 unspecified atom stereocenters. The number of benzene rings is 6. The van der Waals surface area contributed by atoms with Crippen LogP contribution in [0.25, 0.3) is 0 Å². The Morgan fingerprint density at radius 3 is 1.56 bits per heavy atom. The predicted molar refractivity (Wildman–Crippen MR) is 598 cm³/mol. The average molecular weight is 1950 g/mol. The second-order valence-electron chi connectivity index (χ2n) is 51.6. The maximum atomic E-state index is 6.03. The molecule has 9 saturated carbocycles. The summed E-state index contributed by atoms with van der Waals surface area (Å²) in [4.78, 5) is 12.4. The molecule has 776 valence electrons. The zero-order valence-corrected chi connectivity index (χ0v) is 93.9. The van der Waals surface area contributed by atoms with Crippen LogP contribution < -0.4 is 19.5 Å². The fourth-order valence-electron chi connectivity index (χ4n) is 36.3. The summed E-state index contributed by atoms with van der Waals surface area (Å²) in [6.45, 7) is 52.3. The van der Waals surface area contributed by atoms with Crippen LogP contribution in [0, 0.1) is 41.4 Å². The molecule has 11 heteroatoms. The van der Waals surface area contributed by atoms with Gasteiger partial charge in [0.25, 0.3) is 0 Å². The number of piperidine rings is 4. The van der Waals surface area contributed by atoms with Gasteiger partial charge in [0.05, 0.1) is 74.5 Å². The Labute approximate surface area is 869 Å². The van der Waals surface area contributed by atoms with Gasteiger partial charge in [-0.1, -0.05) is 201 Å². The van der Waals surface area contributed by atoms with Crippen molar-refractivity contribution in [3.63, 3.8) is 0 Å². The van der Waals surface area contributed by atoms with E-state index in [2.05, 4.69) is 320 Å². The Morgan fingerprint density at radius 1 is 0.500 bits per heavy atom. The molecule has 25 rings (SSSR count). The molecule has 1 N–H and O–H groups in total. The van der Waals surface area contributed by atoms with Crippen molar-refractivity contribution < 1.29 is 23.2 Å². The Bertz CT molecular complexity index is 5240. The molecule has 10 nitrogen and oxygen atoms in total. The van der Waals surface area contributed by atoms with Crippen LogP contribution in [0.2, 0.25) is 0 Å². The molecule has 18 aliphatic rings. The summed E-state index contributed by atoms with van der Waals surface area (Å²) >= 11 is 2.03. The van der Waals surface area contributed by atoms with Crippen molar-refractivity contribution in [2.75, 3.05) is 67.0 Å².